The van der Waals surface area contributed by atoms with Crippen LogP contribution in [0.2, 0.25) is 0 Å². The molecule has 0 unspecified atom stereocenters. The van der Waals surface area contributed by atoms with Gasteiger partial charge < -0.3 is 41.7 Å². The van der Waals surface area contributed by atoms with Gasteiger partial charge in [0.05, 0.1) is 0 Å². The first-order chi connectivity index (χ1) is 17.9. The Labute approximate surface area is 219 Å². The van der Waals surface area contributed by atoms with E-state index in [0.29, 0.717) is 0 Å². The standard InChI is InChI=1S/C28H50N8/c1-9-29-15-17-31-13-3-21-35(23-19-33-11-1)25-27-5-7-28(8-6-27)26-36-22-4-14-32-18-16-30-10-2-12-34-20-24-36/h5-8,19-20,23-24,29-34H,1-4,9-18,21-22,25-26H2/b23-19-,24-20-. The quantitative estimate of drug-likeness (QED) is 0.372. The lowest BCUT2D eigenvalue weighted by atomic mass is 10.1. The van der Waals surface area contributed by atoms with Crippen molar-refractivity contribution < 1.29 is 0 Å². The zero-order valence-corrected chi connectivity index (χ0v) is 22.2. The number of nitrogens with zero attached hydrogens (tertiary/aromatic N) is 2. The van der Waals surface area contributed by atoms with Crippen LogP contribution < -0.4 is 31.9 Å². The van der Waals surface area contributed by atoms with Crippen LogP contribution in [-0.2, 0) is 13.1 Å². The third kappa shape index (κ3) is 13.2. The van der Waals surface area contributed by atoms with Crippen LogP contribution in [0.25, 0.3) is 0 Å². The summed E-state index contributed by atoms with van der Waals surface area (Å²) < 4.78 is 0. The SMILES string of the molecule is C1=C\N(Cc2ccc(CN3/C=C\NCCCNCCNCCC3)cc2)CCCNCCNCCCN/1. The van der Waals surface area contributed by atoms with Crippen molar-refractivity contribution in [2.24, 2.45) is 0 Å². The molecule has 6 N–H and O–H groups in total. The van der Waals surface area contributed by atoms with E-state index >= 15 is 0 Å². The molecule has 0 aliphatic carbocycles. The normalized spacial score (nSPS) is 22.3. The first-order valence-corrected chi connectivity index (χ1v) is 14.1. The first-order valence-electron chi connectivity index (χ1n) is 14.1. The van der Waals surface area contributed by atoms with Gasteiger partial charge in [0.2, 0.25) is 0 Å². The monoisotopic (exact) mass is 498 g/mol. The highest BCUT2D eigenvalue weighted by molar-refractivity contribution is 5.23. The van der Waals surface area contributed by atoms with Crippen molar-refractivity contribution in [3.63, 3.8) is 0 Å². The highest BCUT2D eigenvalue weighted by atomic mass is 15.1. The maximum atomic E-state index is 3.55. The molecule has 0 saturated carbocycles. The van der Waals surface area contributed by atoms with Crippen molar-refractivity contribution >= 4 is 0 Å². The van der Waals surface area contributed by atoms with Crippen LogP contribution in [0, 0.1) is 0 Å². The van der Waals surface area contributed by atoms with E-state index in [-0.39, 0.29) is 0 Å². The summed E-state index contributed by atoms with van der Waals surface area (Å²) >= 11 is 0. The molecule has 202 valence electrons. The van der Waals surface area contributed by atoms with Gasteiger partial charge in [-0.05, 0) is 63.0 Å². The van der Waals surface area contributed by atoms with Gasteiger partial charge in [-0.1, -0.05) is 24.3 Å². The Morgan fingerprint density at radius 1 is 0.472 bits per heavy atom. The Kier molecular flexibility index (Phi) is 14.9. The Bertz CT molecular complexity index is 660. The van der Waals surface area contributed by atoms with Crippen molar-refractivity contribution in [1.29, 1.82) is 0 Å². The molecule has 0 spiro atoms. The Morgan fingerprint density at radius 2 is 0.861 bits per heavy atom. The van der Waals surface area contributed by atoms with Crippen molar-refractivity contribution in [2.75, 3.05) is 78.5 Å². The van der Waals surface area contributed by atoms with Gasteiger partial charge in [-0.25, -0.2) is 0 Å². The van der Waals surface area contributed by atoms with Gasteiger partial charge in [0.15, 0.2) is 0 Å². The second-order valence-corrected chi connectivity index (χ2v) is 9.71. The topological polar surface area (TPSA) is 78.7 Å². The molecular weight excluding hydrogens is 448 g/mol. The largest absolute Gasteiger partial charge is 0.390 e. The van der Waals surface area contributed by atoms with E-state index in [9.17, 15) is 0 Å². The fourth-order valence-electron chi connectivity index (χ4n) is 4.41. The lowest BCUT2D eigenvalue weighted by Crippen LogP contribution is -2.31. The minimum absolute atomic E-state index is 0.939. The maximum absolute atomic E-state index is 3.55. The van der Waals surface area contributed by atoms with Gasteiger partial charge in [-0.3, -0.25) is 0 Å². The summed E-state index contributed by atoms with van der Waals surface area (Å²) in [6, 6.07) is 9.19. The lowest BCUT2D eigenvalue weighted by Gasteiger charge is -2.23. The average Bonchev–Trinajstić information content (AvgIpc) is 2.89. The van der Waals surface area contributed by atoms with Gasteiger partial charge >= 0.3 is 0 Å². The number of hydrogen-bond donors (Lipinski definition) is 6. The Morgan fingerprint density at radius 3 is 1.28 bits per heavy atom. The van der Waals surface area contributed by atoms with Crippen LogP contribution >= 0.6 is 0 Å². The van der Waals surface area contributed by atoms with Crippen molar-refractivity contribution in [1.82, 2.24) is 41.7 Å². The molecule has 0 atom stereocenters. The molecule has 0 aromatic heterocycles. The highest BCUT2D eigenvalue weighted by Crippen LogP contribution is 2.11. The number of nitrogens with one attached hydrogen (secondary N) is 6. The molecule has 1 aromatic carbocycles. The minimum Gasteiger partial charge on any atom is -0.390 e. The molecular formula is C28H50N8. The van der Waals surface area contributed by atoms with Gasteiger partial charge in [0.1, 0.15) is 0 Å². The summed E-state index contributed by atoms with van der Waals surface area (Å²) in [5.74, 6) is 0. The number of rotatable bonds is 4. The smallest absolute Gasteiger partial charge is 0.0424 e. The third-order valence-corrected chi connectivity index (χ3v) is 6.50. The van der Waals surface area contributed by atoms with E-state index < -0.39 is 0 Å². The third-order valence-electron chi connectivity index (χ3n) is 6.50. The van der Waals surface area contributed by atoms with Gasteiger partial charge in [-0.15, -0.1) is 0 Å². The Hall–Kier alpha value is -2.26. The minimum atomic E-state index is 0.939. The molecule has 8 nitrogen and oxygen atoms in total. The summed E-state index contributed by atoms with van der Waals surface area (Å²) in [5.41, 5.74) is 2.72. The Balaban J connectivity index is 1.50. The summed E-state index contributed by atoms with van der Waals surface area (Å²) in [4.78, 5) is 4.84. The maximum Gasteiger partial charge on any atom is 0.0424 e. The van der Waals surface area contributed by atoms with E-state index in [1.165, 1.54) is 11.1 Å². The molecule has 0 radical (unpaired) electrons. The number of benzene rings is 1. The molecule has 2 aliphatic rings. The molecule has 1 aromatic rings. The van der Waals surface area contributed by atoms with Crippen molar-refractivity contribution in [3.8, 4) is 0 Å². The summed E-state index contributed by atoms with van der Waals surface area (Å²) in [7, 11) is 0. The predicted molar refractivity (Wildman–Crippen MR) is 151 cm³/mol. The molecule has 0 amide bonds. The van der Waals surface area contributed by atoms with E-state index in [1.54, 1.807) is 0 Å². The molecule has 0 bridgehead atoms. The molecule has 2 heterocycles. The second-order valence-electron chi connectivity index (χ2n) is 9.71. The van der Waals surface area contributed by atoms with E-state index in [1.807, 2.05) is 0 Å². The van der Waals surface area contributed by atoms with Crippen molar-refractivity contribution in [3.05, 3.63) is 60.2 Å². The van der Waals surface area contributed by atoms with Crippen LogP contribution in [-0.4, -0.2) is 88.3 Å². The summed E-state index contributed by atoms with van der Waals surface area (Å²) in [6.07, 6.45) is 13.2. The van der Waals surface area contributed by atoms with Crippen LogP contribution in [0.5, 0.6) is 0 Å². The predicted octanol–water partition coefficient (Wildman–Crippen LogP) is 1.36. The second kappa shape index (κ2) is 18.9. The summed E-state index contributed by atoms with van der Waals surface area (Å²) in [5, 5.41) is 20.9. The van der Waals surface area contributed by atoms with E-state index in [4.69, 9.17) is 0 Å². The van der Waals surface area contributed by atoms with Gasteiger partial charge in [-0.2, -0.15) is 0 Å². The fourth-order valence-corrected chi connectivity index (χ4v) is 4.41. The van der Waals surface area contributed by atoms with Gasteiger partial charge in [0.25, 0.3) is 0 Å². The summed E-state index contributed by atoms with van der Waals surface area (Å²) in [6.45, 7) is 14.4. The molecule has 36 heavy (non-hydrogen) atoms. The molecule has 3 rings (SSSR count). The highest BCUT2D eigenvalue weighted by Gasteiger charge is 2.05. The number of hydrogen-bond acceptors (Lipinski definition) is 8. The van der Waals surface area contributed by atoms with Crippen LogP contribution in [0.3, 0.4) is 0 Å². The zero-order valence-electron chi connectivity index (χ0n) is 22.2. The lowest BCUT2D eigenvalue weighted by molar-refractivity contribution is 0.353. The fraction of sp³-hybridized carbons (Fsp3) is 0.643. The van der Waals surface area contributed by atoms with E-state index in [0.717, 1.165) is 117 Å². The average molecular weight is 499 g/mol. The van der Waals surface area contributed by atoms with Crippen LogP contribution in [0.4, 0.5) is 0 Å². The molecule has 2 aliphatic heterocycles. The molecule has 0 saturated heterocycles. The van der Waals surface area contributed by atoms with E-state index in [2.05, 4.69) is 90.8 Å². The first kappa shape index (κ1) is 28.3. The van der Waals surface area contributed by atoms with Crippen molar-refractivity contribution in [2.45, 2.75) is 38.8 Å². The van der Waals surface area contributed by atoms with Crippen LogP contribution in [0.1, 0.15) is 36.8 Å². The molecule has 0 fully saturated rings. The van der Waals surface area contributed by atoms with Gasteiger partial charge in [0, 0.05) is 90.2 Å². The zero-order chi connectivity index (χ0) is 24.9. The molecule has 8 heteroatoms. The van der Waals surface area contributed by atoms with Crippen LogP contribution in [0.15, 0.2) is 49.1 Å².